The summed E-state index contributed by atoms with van der Waals surface area (Å²) in [6.45, 7) is 0. The first-order valence-electron chi connectivity index (χ1n) is 4.52. The Kier molecular flexibility index (Phi) is 2.87. The quantitative estimate of drug-likeness (QED) is 0.864. The van der Waals surface area contributed by atoms with Gasteiger partial charge in [0.15, 0.2) is 0 Å². The third-order valence-electron chi connectivity index (χ3n) is 1.95. The van der Waals surface area contributed by atoms with Crippen molar-refractivity contribution in [3.63, 3.8) is 0 Å². The molecular formula is C10H8ClN3O2. The molecule has 0 bridgehead atoms. The zero-order chi connectivity index (χ0) is 11.5. The summed E-state index contributed by atoms with van der Waals surface area (Å²) in [5.41, 5.74) is 0.739. The van der Waals surface area contributed by atoms with E-state index in [0.29, 0.717) is 10.8 Å². The number of amides is 1. The van der Waals surface area contributed by atoms with Gasteiger partial charge in [-0.15, -0.1) is 0 Å². The SMILES string of the molecule is CNC(=O)c1nc(-c2ccc(Cl)cc2)no1. The number of benzene rings is 1. The predicted molar refractivity (Wildman–Crippen MR) is 58.1 cm³/mol. The molecule has 6 heteroatoms. The highest BCUT2D eigenvalue weighted by Crippen LogP contribution is 2.18. The van der Waals surface area contributed by atoms with Gasteiger partial charge in [0.05, 0.1) is 0 Å². The molecule has 82 valence electrons. The van der Waals surface area contributed by atoms with E-state index in [-0.39, 0.29) is 5.89 Å². The number of nitrogens with one attached hydrogen (secondary N) is 1. The average Bonchev–Trinajstić information content (AvgIpc) is 2.78. The molecule has 1 amide bonds. The highest BCUT2D eigenvalue weighted by atomic mass is 35.5. The van der Waals surface area contributed by atoms with Crippen molar-refractivity contribution in [1.82, 2.24) is 15.5 Å². The van der Waals surface area contributed by atoms with Crippen LogP contribution in [0.25, 0.3) is 11.4 Å². The molecule has 0 saturated carbocycles. The van der Waals surface area contributed by atoms with E-state index in [9.17, 15) is 4.79 Å². The van der Waals surface area contributed by atoms with Crippen molar-refractivity contribution >= 4 is 17.5 Å². The van der Waals surface area contributed by atoms with Crippen molar-refractivity contribution in [1.29, 1.82) is 0 Å². The molecule has 0 aliphatic rings. The van der Waals surface area contributed by atoms with Gasteiger partial charge >= 0.3 is 11.8 Å². The van der Waals surface area contributed by atoms with Gasteiger partial charge in [-0.1, -0.05) is 16.8 Å². The Morgan fingerprint density at radius 2 is 2.06 bits per heavy atom. The fraction of sp³-hybridized carbons (Fsp3) is 0.100. The van der Waals surface area contributed by atoms with Crippen molar-refractivity contribution < 1.29 is 9.32 Å². The first-order valence-corrected chi connectivity index (χ1v) is 4.90. The average molecular weight is 238 g/mol. The lowest BCUT2D eigenvalue weighted by Gasteiger charge is -1.93. The molecule has 5 nitrogen and oxygen atoms in total. The Labute approximate surface area is 96.4 Å². The van der Waals surface area contributed by atoms with Crippen LogP contribution in [0.4, 0.5) is 0 Å². The van der Waals surface area contributed by atoms with E-state index in [0.717, 1.165) is 5.56 Å². The Bertz CT molecular complexity index is 507. The van der Waals surface area contributed by atoms with Crippen LogP contribution in [-0.2, 0) is 0 Å². The van der Waals surface area contributed by atoms with Crippen LogP contribution >= 0.6 is 11.6 Å². The van der Waals surface area contributed by atoms with Crippen LogP contribution in [0, 0.1) is 0 Å². The van der Waals surface area contributed by atoms with Gasteiger partial charge < -0.3 is 9.84 Å². The zero-order valence-corrected chi connectivity index (χ0v) is 9.15. The molecule has 0 atom stereocenters. The number of aromatic nitrogens is 2. The first kappa shape index (κ1) is 10.6. The summed E-state index contributed by atoms with van der Waals surface area (Å²) in [4.78, 5) is 15.1. The zero-order valence-electron chi connectivity index (χ0n) is 8.40. The highest BCUT2D eigenvalue weighted by molar-refractivity contribution is 6.30. The van der Waals surface area contributed by atoms with Gasteiger partial charge in [0, 0.05) is 17.6 Å². The van der Waals surface area contributed by atoms with Crippen LogP contribution < -0.4 is 5.32 Å². The fourth-order valence-electron chi connectivity index (χ4n) is 1.14. The maximum absolute atomic E-state index is 11.2. The maximum Gasteiger partial charge on any atom is 0.316 e. The molecule has 0 saturated heterocycles. The molecule has 0 radical (unpaired) electrons. The standard InChI is InChI=1S/C10H8ClN3O2/c1-12-9(15)10-13-8(14-16-10)6-2-4-7(11)5-3-6/h2-5H,1H3,(H,12,15). The lowest BCUT2D eigenvalue weighted by atomic mass is 10.2. The van der Waals surface area contributed by atoms with Gasteiger partial charge in [0.1, 0.15) is 0 Å². The lowest BCUT2D eigenvalue weighted by Crippen LogP contribution is -2.17. The van der Waals surface area contributed by atoms with E-state index in [1.807, 2.05) is 0 Å². The molecule has 2 aromatic rings. The number of hydrogen-bond donors (Lipinski definition) is 1. The van der Waals surface area contributed by atoms with E-state index in [2.05, 4.69) is 15.5 Å². The van der Waals surface area contributed by atoms with Crippen LogP contribution in [0.3, 0.4) is 0 Å². The number of hydrogen-bond acceptors (Lipinski definition) is 4. The molecular weight excluding hydrogens is 230 g/mol. The minimum atomic E-state index is -0.410. The Hall–Kier alpha value is -1.88. The van der Waals surface area contributed by atoms with Crippen molar-refractivity contribution in [2.24, 2.45) is 0 Å². The van der Waals surface area contributed by atoms with Gasteiger partial charge in [-0.2, -0.15) is 4.98 Å². The number of carbonyl (C=O) groups excluding carboxylic acids is 1. The van der Waals surface area contributed by atoms with E-state index in [1.165, 1.54) is 7.05 Å². The predicted octanol–water partition coefficient (Wildman–Crippen LogP) is 1.75. The normalized spacial score (nSPS) is 10.1. The van der Waals surface area contributed by atoms with Crippen molar-refractivity contribution in [2.75, 3.05) is 7.05 Å². The smallest absolute Gasteiger partial charge is 0.316 e. The van der Waals surface area contributed by atoms with Crippen LogP contribution in [-0.4, -0.2) is 23.1 Å². The first-order chi connectivity index (χ1) is 7.70. The highest BCUT2D eigenvalue weighted by Gasteiger charge is 2.14. The Morgan fingerprint density at radius 1 is 1.38 bits per heavy atom. The molecule has 16 heavy (non-hydrogen) atoms. The van der Waals surface area contributed by atoms with Crippen molar-refractivity contribution in [2.45, 2.75) is 0 Å². The third-order valence-corrected chi connectivity index (χ3v) is 2.20. The summed E-state index contributed by atoms with van der Waals surface area (Å²) in [6, 6.07) is 6.93. The molecule has 0 fully saturated rings. The van der Waals surface area contributed by atoms with E-state index in [4.69, 9.17) is 16.1 Å². The van der Waals surface area contributed by atoms with Crippen molar-refractivity contribution in [3.8, 4) is 11.4 Å². The van der Waals surface area contributed by atoms with Crippen LogP contribution in [0.1, 0.15) is 10.7 Å². The molecule has 0 aliphatic carbocycles. The minimum absolute atomic E-state index is 0.0625. The van der Waals surface area contributed by atoms with E-state index in [1.54, 1.807) is 24.3 Å². The summed E-state index contributed by atoms with van der Waals surface area (Å²) in [7, 11) is 1.49. The van der Waals surface area contributed by atoms with E-state index < -0.39 is 5.91 Å². The summed E-state index contributed by atoms with van der Waals surface area (Å²) >= 11 is 5.75. The van der Waals surface area contributed by atoms with Gasteiger partial charge in [-0.25, -0.2) is 0 Å². The molecule has 1 N–H and O–H groups in total. The van der Waals surface area contributed by atoms with Crippen LogP contribution in [0.15, 0.2) is 28.8 Å². The van der Waals surface area contributed by atoms with Gasteiger partial charge in [-0.05, 0) is 24.3 Å². The monoisotopic (exact) mass is 237 g/mol. The molecule has 2 rings (SSSR count). The molecule has 1 aromatic heterocycles. The lowest BCUT2D eigenvalue weighted by molar-refractivity contribution is 0.0919. The Morgan fingerprint density at radius 3 is 2.69 bits per heavy atom. The van der Waals surface area contributed by atoms with Crippen LogP contribution in [0.5, 0.6) is 0 Å². The Balaban J connectivity index is 2.31. The largest absolute Gasteiger partial charge is 0.351 e. The van der Waals surface area contributed by atoms with Gasteiger partial charge in [0.25, 0.3) is 0 Å². The van der Waals surface area contributed by atoms with Gasteiger partial charge in [-0.3, -0.25) is 4.79 Å². The third kappa shape index (κ3) is 2.04. The summed E-state index contributed by atoms with van der Waals surface area (Å²) in [5, 5.41) is 6.72. The maximum atomic E-state index is 11.2. The molecule has 0 aliphatic heterocycles. The second-order valence-electron chi connectivity index (χ2n) is 3.01. The topological polar surface area (TPSA) is 68.0 Å². The molecule has 0 unspecified atom stereocenters. The number of rotatable bonds is 2. The fourth-order valence-corrected chi connectivity index (χ4v) is 1.26. The minimum Gasteiger partial charge on any atom is -0.351 e. The van der Waals surface area contributed by atoms with E-state index >= 15 is 0 Å². The molecule has 1 heterocycles. The molecule has 0 spiro atoms. The number of carbonyl (C=O) groups is 1. The van der Waals surface area contributed by atoms with Crippen molar-refractivity contribution in [3.05, 3.63) is 35.2 Å². The second kappa shape index (κ2) is 4.32. The number of nitrogens with zero attached hydrogens (tertiary/aromatic N) is 2. The summed E-state index contributed by atoms with van der Waals surface area (Å²) in [5.74, 6) is -0.115. The summed E-state index contributed by atoms with van der Waals surface area (Å²) < 4.78 is 4.80. The van der Waals surface area contributed by atoms with Crippen LogP contribution in [0.2, 0.25) is 5.02 Å². The summed E-state index contributed by atoms with van der Waals surface area (Å²) in [6.07, 6.45) is 0. The van der Waals surface area contributed by atoms with Gasteiger partial charge in [0.2, 0.25) is 5.82 Å². The molecule has 1 aromatic carbocycles. The second-order valence-corrected chi connectivity index (χ2v) is 3.45. The number of halogens is 1.